The second kappa shape index (κ2) is 6.71. The number of hydrogen-bond acceptors (Lipinski definition) is 2. The average molecular weight is 275 g/mol. The molecule has 0 amide bonds. The molecule has 2 aromatic rings. The van der Waals surface area contributed by atoms with Crippen LogP contribution in [0, 0.1) is 0 Å². The summed E-state index contributed by atoms with van der Waals surface area (Å²) in [5, 5.41) is 0.743. The highest BCUT2D eigenvalue weighted by molar-refractivity contribution is 6.30. The van der Waals surface area contributed by atoms with E-state index >= 15 is 0 Å². The van der Waals surface area contributed by atoms with Crippen LogP contribution < -0.4 is 11.3 Å². The maximum Gasteiger partial charge on any atom is 0.0528 e. The third kappa shape index (κ3) is 3.35. The molecule has 3 heteroatoms. The molecular weight excluding hydrogens is 256 g/mol. The molecule has 0 saturated carbocycles. The van der Waals surface area contributed by atoms with Gasteiger partial charge in [0.25, 0.3) is 0 Å². The van der Waals surface area contributed by atoms with Gasteiger partial charge in [0.2, 0.25) is 0 Å². The maximum atomic E-state index is 5.94. The molecule has 19 heavy (non-hydrogen) atoms. The standard InChI is InChI=1S/C16H19ClN2/c1-2-15(12-6-4-3-5-7-12)16(19-18)13-8-10-14(17)11-9-13/h3-11,15-16,19H,2,18H2,1H3. The molecule has 0 fully saturated rings. The smallest absolute Gasteiger partial charge is 0.0528 e. The predicted molar refractivity (Wildman–Crippen MR) is 81.0 cm³/mol. The number of halogens is 1. The van der Waals surface area contributed by atoms with Crippen molar-refractivity contribution in [3.63, 3.8) is 0 Å². The van der Waals surface area contributed by atoms with Crippen molar-refractivity contribution in [2.24, 2.45) is 5.84 Å². The van der Waals surface area contributed by atoms with Crippen LogP contribution in [0.25, 0.3) is 0 Å². The lowest BCUT2D eigenvalue weighted by Gasteiger charge is -2.26. The molecule has 2 unspecified atom stereocenters. The highest BCUT2D eigenvalue weighted by atomic mass is 35.5. The van der Waals surface area contributed by atoms with Gasteiger partial charge in [-0.2, -0.15) is 0 Å². The number of hydrazine groups is 1. The van der Waals surface area contributed by atoms with Gasteiger partial charge in [-0.3, -0.25) is 11.3 Å². The molecule has 2 rings (SSSR count). The Morgan fingerprint density at radius 3 is 2.16 bits per heavy atom. The lowest BCUT2D eigenvalue weighted by Crippen LogP contribution is -2.32. The Hall–Kier alpha value is -1.35. The Morgan fingerprint density at radius 1 is 1.00 bits per heavy atom. The van der Waals surface area contributed by atoms with Gasteiger partial charge >= 0.3 is 0 Å². The summed E-state index contributed by atoms with van der Waals surface area (Å²) < 4.78 is 0. The van der Waals surface area contributed by atoms with Gasteiger partial charge in [0, 0.05) is 10.9 Å². The molecule has 0 heterocycles. The van der Waals surface area contributed by atoms with E-state index in [-0.39, 0.29) is 6.04 Å². The van der Waals surface area contributed by atoms with E-state index in [4.69, 9.17) is 17.4 Å². The number of hydrogen-bond donors (Lipinski definition) is 2. The molecule has 0 saturated heterocycles. The molecule has 0 aliphatic heterocycles. The lowest BCUT2D eigenvalue weighted by molar-refractivity contribution is 0.445. The Bertz CT molecular complexity index is 496. The summed E-state index contributed by atoms with van der Waals surface area (Å²) in [4.78, 5) is 0. The summed E-state index contributed by atoms with van der Waals surface area (Å²) in [5.41, 5.74) is 5.39. The van der Waals surface area contributed by atoms with Gasteiger partial charge in [-0.25, -0.2) is 0 Å². The van der Waals surface area contributed by atoms with E-state index in [1.807, 2.05) is 30.3 Å². The normalized spacial score (nSPS) is 14.1. The highest BCUT2D eigenvalue weighted by Gasteiger charge is 2.22. The van der Waals surface area contributed by atoms with Gasteiger partial charge in [-0.15, -0.1) is 0 Å². The number of benzene rings is 2. The fourth-order valence-corrected chi connectivity index (χ4v) is 2.60. The van der Waals surface area contributed by atoms with Crippen molar-refractivity contribution in [3.05, 3.63) is 70.7 Å². The maximum absolute atomic E-state index is 5.94. The molecule has 0 spiro atoms. The van der Waals surface area contributed by atoms with Crippen LogP contribution in [0.5, 0.6) is 0 Å². The van der Waals surface area contributed by atoms with Crippen molar-refractivity contribution in [1.29, 1.82) is 0 Å². The Labute approximate surface area is 119 Å². The monoisotopic (exact) mass is 274 g/mol. The molecule has 0 aliphatic rings. The zero-order chi connectivity index (χ0) is 13.7. The second-order valence-electron chi connectivity index (χ2n) is 4.62. The average Bonchev–Trinajstić information content (AvgIpc) is 2.47. The van der Waals surface area contributed by atoms with E-state index in [1.165, 1.54) is 5.56 Å². The van der Waals surface area contributed by atoms with Crippen molar-refractivity contribution in [1.82, 2.24) is 5.43 Å². The Morgan fingerprint density at radius 2 is 1.63 bits per heavy atom. The van der Waals surface area contributed by atoms with Crippen LogP contribution >= 0.6 is 11.6 Å². The quantitative estimate of drug-likeness (QED) is 0.638. The SMILES string of the molecule is CCC(c1ccccc1)C(NN)c1ccc(Cl)cc1. The first-order valence-corrected chi connectivity index (χ1v) is 6.90. The molecule has 0 aliphatic carbocycles. The van der Waals surface area contributed by atoms with Crippen LogP contribution in [0.15, 0.2) is 54.6 Å². The molecule has 100 valence electrons. The van der Waals surface area contributed by atoms with E-state index in [2.05, 4.69) is 36.6 Å². The highest BCUT2D eigenvalue weighted by Crippen LogP contribution is 2.33. The van der Waals surface area contributed by atoms with Gasteiger partial charge in [0.05, 0.1) is 6.04 Å². The molecule has 0 aromatic heterocycles. The predicted octanol–water partition coefficient (Wildman–Crippen LogP) is 4.04. The summed E-state index contributed by atoms with van der Waals surface area (Å²) in [5.74, 6) is 6.11. The van der Waals surface area contributed by atoms with Crippen molar-refractivity contribution in [2.45, 2.75) is 25.3 Å². The molecule has 3 N–H and O–H groups in total. The van der Waals surface area contributed by atoms with Crippen LogP contribution in [0.1, 0.15) is 36.4 Å². The topological polar surface area (TPSA) is 38.0 Å². The Balaban J connectivity index is 2.31. The first kappa shape index (κ1) is 14.1. The van der Waals surface area contributed by atoms with Crippen molar-refractivity contribution >= 4 is 11.6 Å². The third-order valence-corrected chi connectivity index (χ3v) is 3.73. The third-order valence-electron chi connectivity index (χ3n) is 3.48. The fourth-order valence-electron chi connectivity index (χ4n) is 2.48. The van der Waals surface area contributed by atoms with Crippen LogP contribution in [0.2, 0.25) is 5.02 Å². The molecule has 0 radical (unpaired) electrons. The van der Waals surface area contributed by atoms with Crippen LogP contribution in [-0.4, -0.2) is 0 Å². The lowest BCUT2D eigenvalue weighted by atomic mass is 9.85. The first-order chi connectivity index (χ1) is 9.26. The van der Waals surface area contributed by atoms with Gasteiger partial charge < -0.3 is 0 Å². The van der Waals surface area contributed by atoms with E-state index < -0.39 is 0 Å². The molecule has 0 bridgehead atoms. The van der Waals surface area contributed by atoms with Gasteiger partial charge in [-0.05, 0) is 29.7 Å². The summed E-state index contributed by atoms with van der Waals surface area (Å²) in [7, 11) is 0. The summed E-state index contributed by atoms with van der Waals surface area (Å²) in [6.07, 6.45) is 1.02. The zero-order valence-electron chi connectivity index (χ0n) is 11.0. The molecule has 2 nitrogen and oxygen atoms in total. The largest absolute Gasteiger partial charge is 0.271 e. The molecule has 2 aromatic carbocycles. The zero-order valence-corrected chi connectivity index (χ0v) is 11.8. The van der Waals surface area contributed by atoms with Crippen molar-refractivity contribution in [2.75, 3.05) is 0 Å². The van der Waals surface area contributed by atoms with E-state index in [0.717, 1.165) is 17.0 Å². The Kier molecular flexibility index (Phi) is 4.97. The van der Waals surface area contributed by atoms with E-state index in [0.29, 0.717) is 5.92 Å². The number of rotatable bonds is 5. The second-order valence-corrected chi connectivity index (χ2v) is 5.06. The van der Waals surface area contributed by atoms with Gasteiger partial charge in [0.15, 0.2) is 0 Å². The summed E-state index contributed by atoms with van der Waals surface area (Å²) in [6, 6.07) is 18.4. The fraction of sp³-hybridized carbons (Fsp3) is 0.250. The minimum atomic E-state index is 0.0877. The number of nitrogens with two attached hydrogens (primary N) is 1. The molecular formula is C16H19ClN2. The van der Waals surface area contributed by atoms with Gasteiger partial charge in [0.1, 0.15) is 0 Å². The van der Waals surface area contributed by atoms with Crippen LogP contribution in [-0.2, 0) is 0 Å². The van der Waals surface area contributed by atoms with Crippen LogP contribution in [0.4, 0.5) is 0 Å². The minimum Gasteiger partial charge on any atom is -0.271 e. The van der Waals surface area contributed by atoms with Crippen LogP contribution in [0.3, 0.4) is 0 Å². The summed E-state index contributed by atoms with van der Waals surface area (Å²) >= 11 is 5.94. The first-order valence-electron chi connectivity index (χ1n) is 6.52. The van der Waals surface area contributed by atoms with Crippen molar-refractivity contribution < 1.29 is 0 Å². The number of nitrogens with one attached hydrogen (secondary N) is 1. The van der Waals surface area contributed by atoms with Gasteiger partial charge in [-0.1, -0.05) is 61.0 Å². The summed E-state index contributed by atoms with van der Waals surface area (Å²) in [6.45, 7) is 2.18. The van der Waals surface area contributed by atoms with Crippen molar-refractivity contribution in [3.8, 4) is 0 Å². The molecule has 2 atom stereocenters. The minimum absolute atomic E-state index is 0.0877. The van der Waals surface area contributed by atoms with E-state index in [9.17, 15) is 0 Å². The van der Waals surface area contributed by atoms with E-state index in [1.54, 1.807) is 0 Å².